The molecule has 15 heavy (non-hydrogen) atoms. The second kappa shape index (κ2) is 5.39. The van der Waals surface area contributed by atoms with Crippen molar-refractivity contribution in [1.29, 1.82) is 0 Å². The third kappa shape index (κ3) is 3.62. The first-order valence-electron chi connectivity index (χ1n) is 5.23. The van der Waals surface area contributed by atoms with Gasteiger partial charge in [-0.2, -0.15) is 0 Å². The Balaban J connectivity index is 2.65. The first kappa shape index (κ1) is 11.6. The molecule has 0 saturated heterocycles. The predicted molar refractivity (Wildman–Crippen MR) is 62.2 cm³/mol. The zero-order valence-electron chi connectivity index (χ0n) is 9.36. The molecule has 0 atom stereocenters. The van der Waals surface area contributed by atoms with Crippen molar-refractivity contribution in [2.75, 3.05) is 12.3 Å². The normalized spacial score (nSPS) is 10.0. The Morgan fingerprint density at radius 1 is 1.33 bits per heavy atom. The molecule has 0 aromatic heterocycles. The van der Waals surface area contributed by atoms with E-state index in [9.17, 15) is 4.79 Å². The Bertz CT molecular complexity index is 319. The fourth-order valence-electron chi connectivity index (χ4n) is 1.46. The quantitative estimate of drug-likeness (QED) is 0.766. The zero-order valence-corrected chi connectivity index (χ0v) is 9.36. The number of anilines is 1. The molecule has 2 N–H and O–H groups in total. The summed E-state index contributed by atoms with van der Waals surface area (Å²) in [6.07, 6.45) is 0.981. The van der Waals surface area contributed by atoms with Crippen LogP contribution in [0.5, 0.6) is 0 Å². The lowest BCUT2D eigenvalue weighted by Gasteiger charge is -2.20. The molecule has 0 aliphatic heterocycles. The van der Waals surface area contributed by atoms with Crippen LogP contribution in [0, 0.1) is 0 Å². The fourth-order valence-corrected chi connectivity index (χ4v) is 1.46. The number of carbonyl (C=O) groups is 1. The van der Waals surface area contributed by atoms with Crippen LogP contribution < -0.4 is 5.73 Å². The van der Waals surface area contributed by atoms with Gasteiger partial charge in [0.05, 0.1) is 0 Å². The van der Waals surface area contributed by atoms with Crippen LogP contribution in [0.2, 0.25) is 0 Å². The van der Waals surface area contributed by atoms with Gasteiger partial charge in [-0.3, -0.25) is 4.79 Å². The van der Waals surface area contributed by atoms with Crippen LogP contribution >= 0.6 is 0 Å². The van der Waals surface area contributed by atoms with Crippen molar-refractivity contribution >= 4 is 11.6 Å². The predicted octanol–water partition coefficient (Wildman–Crippen LogP) is 2.03. The number of amides is 1. The van der Waals surface area contributed by atoms with Crippen molar-refractivity contribution in [3.05, 3.63) is 29.8 Å². The lowest BCUT2D eigenvalue weighted by atomic mass is 10.2. The van der Waals surface area contributed by atoms with E-state index in [-0.39, 0.29) is 5.91 Å². The van der Waals surface area contributed by atoms with E-state index in [2.05, 4.69) is 6.92 Å². The molecular weight excluding hydrogens is 188 g/mol. The number of benzene rings is 1. The van der Waals surface area contributed by atoms with Crippen LogP contribution in [0.4, 0.5) is 5.69 Å². The molecule has 0 aliphatic carbocycles. The summed E-state index contributed by atoms with van der Waals surface area (Å²) in [5.41, 5.74) is 7.47. The van der Waals surface area contributed by atoms with Gasteiger partial charge >= 0.3 is 0 Å². The highest BCUT2D eigenvalue weighted by molar-refractivity contribution is 5.73. The largest absolute Gasteiger partial charge is 0.399 e. The average molecular weight is 206 g/mol. The molecule has 0 saturated carbocycles. The smallest absolute Gasteiger partial charge is 0.219 e. The Kier molecular flexibility index (Phi) is 4.16. The van der Waals surface area contributed by atoms with E-state index >= 15 is 0 Å². The molecule has 0 heterocycles. The van der Waals surface area contributed by atoms with Crippen molar-refractivity contribution in [3.8, 4) is 0 Å². The van der Waals surface area contributed by atoms with E-state index in [1.54, 1.807) is 6.92 Å². The number of nitrogens with two attached hydrogens (primary N) is 1. The molecule has 0 bridgehead atoms. The molecule has 3 heteroatoms. The number of rotatable bonds is 4. The lowest BCUT2D eigenvalue weighted by molar-refractivity contribution is -0.129. The van der Waals surface area contributed by atoms with Crippen LogP contribution in [0.1, 0.15) is 25.8 Å². The minimum Gasteiger partial charge on any atom is -0.399 e. The van der Waals surface area contributed by atoms with E-state index in [1.165, 1.54) is 0 Å². The number of hydrogen-bond acceptors (Lipinski definition) is 2. The summed E-state index contributed by atoms with van der Waals surface area (Å²) < 4.78 is 0. The Hall–Kier alpha value is -1.51. The van der Waals surface area contributed by atoms with E-state index in [4.69, 9.17) is 5.73 Å². The van der Waals surface area contributed by atoms with Gasteiger partial charge < -0.3 is 10.6 Å². The lowest BCUT2D eigenvalue weighted by Crippen LogP contribution is -2.28. The van der Waals surface area contributed by atoms with Gasteiger partial charge in [-0.05, 0) is 24.1 Å². The summed E-state index contributed by atoms with van der Waals surface area (Å²) in [4.78, 5) is 13.1. The van der Waals surface area contributed by atoms with Gasteiger partial charge in [0.2, 0.25) is 5.91 Å². The van der Waals surface area contributed by atoms with E-state index in [1.807, 2.05) is 29.2 Å². The number of hydrogen-bond donors (Lipinski definition) is 1. The molecule has 0 fully saturated rings. The van der Waals surface area contributed by atoms with Crippen molar-refractivity contribution in [2.24, 2.45) is 0 Å². The third-order valence-electron chi connectivity index (χ3n) is 2.29. The van der Waals surface area contributed by atoms with Gasteiger partial charge in [0.1, 0.15) is 0 Å². The highest BCUT2D eigenvalue weighted by Crippen LogP contribution is 2.09. The summed E-state index contributed by atoms with van der Waals surface area (Å²) in [6.45, 7) is 5.15. The first-order chi connectivity index (χ1) is 7.13. The molecule has 0 spiro atoms. The highest BCUT2D eigenvalue weighted by Gasteiger charge is 2.07. The molecule has 1 amide bonds. The van der Waals surface area contributed by atoms with Gasteiger partial charge in [0.25, 0.3) is 0 Å². The van der Waals surface area contributed by atoms with Gasteiger partial charge in [0.15, 0.2) is 0 Å². The summed E-state index contributed by atoms with van der Waals surface area (Å²) in [5, 5.41) is 0. The topological polar surface area (TPSA) is 46.3 Å². The maximum atomic E-state index is 11.3. The summed E-state index contributed by atoms with van der Waals surface area (Å²) in [6, 6.07) is 7.64. The molecule has 0 aliphatic rings. The molecule has 1 rings (SSSR count). The van der Waals surface area contributed by atoms with Gasteiger partial charge in [0, 0.05) is 25.7 Å². The Morgan fingerprint density at radius 3 is 2.40 bits per heavy atom. The van der Waals surface area contributed by atoms with Gasteiger partial charge in [-0.1, -0.05) is 19.1 Å². The minimum atomic E-state index is 0.119. The molecular formula is C12H18N2O. The molecule has 1 aromatic rings. The fraction of sp³-hybridized carbons (Fsp3) is 0.417. The Labute approximate surface area is 90.9 Å². The Morgan fingerprint density at radius 2 is 1.93 bits per heavy atom. The van der Waals surface area contributed by atoms with Crippen LogP contribution in [-0.2, 0) is 11.3 Å². The van der Waals surface area contributed by atoms with E-state index in [0.717, 1.165) is 24.2 Å². The van der Waals surface area contributed by atoms with Crippen molar-refractivity contribution in [2.45, 2.75) is 26.8 Å². The van der Waals surface area contributed by atoms with Crippen molar-refractivity contribution < 1.29 is 4.79 Å². The first-order valence-corrected chi connectivity index (χ1v) is 5.23. The van der Waals surface area contributed by atoms with E-state index in [0.29, 0.717) is 6.54 Å². The summed E-state index contributed by atoms with van der Waals surface area (Å²) in [7, 11) is 0. The molecule has 82 valence electrons. The van der Waals surface area contributed by atoms with Crippen LogP contribution in [0.3, 0.4) is 0 Å². The molecule has 0 unspecified atom stereocenters. The van der Waals surface area contributed by atoms with Gasteiger partial charge in [-0.25, -0.2) is 0 Å². The SMILES string of the molecule is CCCN(Cc1ccc(N)cc1)C(C)=O. The number of carbonyl (C=O) groups excluding carboxylic acids is 1. The van der Waals surface area contributed by atoms with Crippen molar-refractivity contribution in [3.63, 3.8) is 0 Å². The highest BCUT2D eigenvalue weighted by atomic mass is 16.2. The summed E-state index contributed by atoms with van der Waals surface area (Å²) >= 11 is 0. The summed E-state index contributed by atoms with van der Waals surface area (Å²) in [5.74, 6) is 0.119. The monoisotopic (exact) mass is 206 g/mol. The molecule has 0 radical (unpaired) electrons. The van der Waals surface area contributed by atoms with E-state index < -0.39 is 0 Å². The maximum absolute atomic E-state index is 11.3. The van der Waals surface area contributed by atoms with Crippen LogP contribution in [-0.4, -0.2) is 17.4 Å². The zero-order chi connectivity index (χ0) is 11.3. The standard InChI is InChI=1S/C12H18N2O/c1-3-8-14(10(2)15)9-11-4-6-12(13)7-5-11/h4-7H,3,8-9,13H2,1-2H3. The van der Waals surface area contributed by atoms with Gasteiger partial charge in [-0.15, -0.1) is 0 Å². The second-order valence-electron chi connectivity index (χ2n) is 3.68. The number of nitrogens with zero attached hydrogens (tertiary/aromatic N) is 1. The second-order valence-corrected chi connectivity index (χ2v) is 3.68. The van der Waals surface area contributed by atoms with Crippen LogP contribution in [0.15, 0.2) is 24.3 Å². The number of nitrogen functional groups attached to an aromatic ring is 1. The minimum absolute atomic E-state index is 0.119. The third-order valence-corrected chi connectivity index (χ3v) is 2.29. The molecule has 3 nitrogen and oxygen atoms in total. The maximum Gasteiger partial charge on any atom is 0.219 e. The van der Waals surface area contributed by atoms with Crippen LogP contribution in [0.25, 0.3) is 0 Å². The molecule has 1 aromatic carbocycles. The average Bonchev–Trinajstić information content (AvgIpc) is 2.20. The van der Waals surface area contributed by atoms with Crippen molar-refractivity contribution in [1.82, 2.24) is 4.90 Å².